The number of nitrogens with zero attached hydrogens (tertiary/aromatic N) is 1. The molecule has 0 spiro atoms. The summed E-state index contributed by atoms with van der Waals surface area (Å²) in [4.78, 5) is 14.3. The van der Waals surface area contributed by atoms with Gasteiger partial charge in [-0.25, -0.2) is 4.79 Å². The topological polar surface area (TPSA) is 29.5 Å². The average molecular weight is 255 g/mol. The van der Waals surface area contributed by atoms with Crippen molar-refractivity contribution in [1.82, 2.24) is 4.90 Å². The molecule has 1 heterocycles. The zero-order valence-electron chi connectivity index (χ0n) is 12.7. The Hall–Kier alpha value is -0.730. The molecule has 0 N–H and O–H groups in total. The van der Waals surface area contributed by atoms with Crippen LogP contribution >= 0.6 is 0 Å². The second-order valence-electron chi connectivity index (χ2n) is 6.46. The van der Waals surface area contributed by atoms with Crippen LogP contribution in [0, 0.1) is 0 Å². The first-order valence-corrected chi connectivity index (χ1v) is 7.36. The molecular formula is C15H29NO2. The third-order valence-electron chi connectivity index (χ3n) is 3.52. The van der Waals surface area contributed by atoms with E-state index in [0.29, 0.717) is 12.1 Å². The molecule has 0 aliphatic carbocycles. The number of rotatable bonds is 3. The normalized spacial score (nSPS) is 25.1. The van der Waals surface area contributed by atoms with Crippen molar-refractivity contribution >= 4 is 6.09 Å². The lowest BCUT2D eigenvalue weighted by Crippen LogP contribution is -2.50. The molecule has 18 heavy (non-hydrogen) atoms. The molecule has 106 valence electrons. The molecule has 0 bridgehead atoms. The number of ether oxygens (including phenoxy) is 1. The third-order valence-corrected chi connectivity index (χ3v) is 3.52. The largest absolute Gasteiger partial charge is 0.444 e. The Bertz CT molecular complexity index is 270. The summed E-state index contributed by atoms with van der Waals surface area (Å²) < 4.78 is 5.54. The van der Waals surface area contributed by atoms with Crippen LogP contribution in [0.5, 0.6) is 0 Å². The highest BCUT2D eigenvalue weighted by Gasteiger charge is 2.34. The van der Waals surface area contributed by atoms with E-state index in [4.69, 9.17) is 4.74 Å². The van der Waals surface area contributed by atoms with E-state index in [1.54, 1.807) is 0 Å². The molecule has 0 aromatic carbocycles. The summed E-state index contributed by atoms with van der Waals surface area (Å²) in [6.45, 7) is 10.1. The van der Waals surface area contributed by atoms with Crippen molar-refractivity contribution in [3.05, 3.63) is 0 Å². The minimum Gasteiger partial charge on any atom is -0.444 e. The number of carbonyl (C=O) groups is 1. The van der Waals surface area contributed by atoms with E-state index in [-0.39, 0.29) is 6.09 Å². The summed E-state index contributed by atoms with van der Waals surface area (Å²) in [5.74, 6) is 0. The van der Waals surface area contributed by atoms with E-state index in [9.17, 15) is 4.79 Å². The van der Waals surface area contributed by atoms with E-state index in [2.05, 4.69) is 13.8 Å². The average Bonchev–Trinajstić information content (AvgIpc) is 2.23. The van der Waals surface area contributed by atoms with Gasteiger partial charge in [-0.05, 0) is 53.4 Å². The summed E-state index contributed by atoms with van der Waals surface area (Å²) in [5, 5.41) is 0. The van der Waals surface area contributed by atoms with Gasteiger partial charge in [0.05, 0.1) is 0 Å². The van der Waals surface area contributed by atoms with Gasteiger partial charge in [-0.3, -0.25) is 0 Å². The van der Waals surface area contributed by atoms with Gasteiger partial charge in [0.15, 0.2) is 0 Å². The van der Waals surface area contributed by atoms with Gasteiger partial charge in [0.1, 0.15) is 5.60 Å². The fourth-order valence-corrected chi connectivity index (χ4v) is 2.65. The van der Waals surface area contributed by atoms with Crippen LogP contribution in [0.2, 0.25) is 0 Å². The number of likely N-dealkylation sites (tertiary alicyclic amines) is 1. The molecule has 3 heteroatoms. The lowest BCUT2D eigenvalue weighted by Gasteiger charge is -2.41. The maximum absolute atomic E-state index is 12.3. The van der Waals surface area contributed by atoms with Crippen LogP contribution in [0.4, 0.5) is 4.79 Å². The highest BCUT2D eigenvalue weighted by Crippen LogP contribution is 2.28. The summed E-state index contributed by atoms with van der Waals surface area (Å²) in [7, 11) is 0. The van der Waals surface area contributed by atoms with Crippen molar-refractivity contribution in [3.63, 3.8) is 0 Å². The second kappa shape index (κ2) is 6.44. The molecule has 2 unspecified atom stereocenters. The predicted molar refractivity (Wildman–Crippen MR) is 74.7 cm³/mol. The summed E-state index contributed by atoms with van der Waals surface area (Å²) in [6, 6.07) is 0.694. The fourth-order valence-electron chi connectivity index (χ4n) is 2.65. The predicted octanol–water partition coefficient (Wildman–Crippen LogP) is 4.35. The molecule has 1 rings (SSSR count). The first kappa shape index (κ1) is 15.3. The smallest absolute Gasteiger partial charge is 0.410 e. The summed E-state index contributed by atoms with van der Waals surface area (Å²) in [5.41, 5.74) is -0.399. The molecule has 0 radical (unpaired) electrons. The van der Waals surface area contributed by atoms with Crippen LogP contribution in [0.3, 0.4) is 0 Å². The van der Waals surface area contributed by atoms with Crippen molar-refractivity contribution in [2.45, 2.75) is 90.8 Å². The van der Waals surface area contributed by atoms with E-state index in [0.717, 1.165) is 19.3 Å². The standard InChI is InChI=1S/C15H29NO2/c1-6-7-10-13-11-8-9-12(2)16(13)14(17)18-15(3,4)5/h12-13H,6-11H2,1-5H3. The molecule has 1 aliphatic rings. The van der Waals surface area contributed by atoms with Gasteiger partial charge in [-0.1, -0.05) is 19.8 Å². The van der Waals surface area contributed by atoms with Crippen LogP contribution in [-0.4, -0.2) is 28.7 Å². The molecule has 1 saturated heterocycles. The molecule has 0 saturated carbocycles. The van der Waals surface area contributed by atoms with Gasteiger partial charge in [0.25, 0.3) is 0 Å². The number of unbranched alkanes of at least 4 members (excludes halogenated alkanes) is 1. The van der Waals surface area contributed by atoms with Gasteiger partial charge in [0.2, 0.25) is 0 Å². The van der Waals surface area contributed by atoms with Crippen molar-refractivity contribution in [3.8, 4) is 0 Å². The van der Waals surface area contributed by atoms with E-state index in [1.807, 2.05) is 25.7 Å². The second-order valence-corrected chi connectivity index (χ2v) is 6.46. The molecular weight excluding hydrogens is 226 g/mol. The Labute approximate surface area is 112 Å². The molecule has 1 amide bonds. The van der Waals surface area contributed by atoms with Crippen molar-refractivity contribution in [2.75, 3.05) is 0 Å². The Kier molecular flexibility index (Phi) is 5.48. The van der Waals surface area contributed by atoms with Gasteiger partial charge in [-0.2, -0.15) is 0 Å². The van der Waals surface area contributed by atoms with Gasteiger partial charge < -0.3 is 9.64 Å². The van der Waals surface area contributed by atoms with E-state index in [1.165, 1.54) is 19.3 Å². The Morgan fingerprint density at radius 2 is 2.00 bits per heavy atom. The SMILES string of the molecule is CCCCC1CCCC(C)N1C(=O)OC(C)(C)C. The summed E-state index contributed by atoms with van der Waals surface area (Å²) in [6.07, 6.45) is 6.82. The van der Waals surface area contributed by atoms with Gasteiger partial charge in [0, 0.05) is 12.1 Å². The Morgan fingerprint density at radius 1 is 1.33 bits per heavy atom. The molecule has 1 aliphatic heterocycles. The molecule has 0 aromatic rings. The maximum atomic E-state index is 12.3. The highest BCUT2D eigenvalue weighted by molar-refractivity contribution is 5.69. The van der Waals surface area contributed by atoms with Gasteiger partial charge in [-0.15, -0.1) is 0 Å². The quantitative estimate of drug-likeness (QED) is 0.750. The molecule has 3 nitrogen and oxygen atoms in total. The van der Waals surface area contributed by atoms with Crippen molar-refractivity contribution in [1.29, 1.82) is 0 Å². The fraction of sp³-hybridized carbons (Fsp3) is 0.933. The van der Waals surface area contributed by atoms with E-state index >= 15 is 0 Å². The first-order chi connectivity index (χ1) is 8.35. The first-order valence-electron chi connectivity index (χ1n) is 7.36. The lowest BCUT2D eigenvalue weighted by molar-refractivity contribution is -0.00424. The number of piperidine rings is 1. The Morgan fingerprint density at radius 3 is 2.56 bits per heavy atom. The monoisotopic (exact) mass is 255 g/mol. The van der Waals surface area contributed by atoms with Crippen LogP contribution in [0.25, 0.3) is 0 Å². The highest BCUT2D eigenvalue weighted by atomic mass is 16.6. The molecule has 1 fully saturated rings. The number of hydrogen-bond acceptors (Lipinski definition) is 2. The summed E-state index contributed by atoms with van der Waals surface area (Å²) >= 11 is 0. The molecule has 0 aromatic heterocycles. The number of hydrogen-bond donors (Lipinski definition) is 0. The minimum atomic E-state index is -0.399. The van der Waals surface area contributed by atoms with Crippen LogP contribution < -0.4 is 0 Å². The zero-order chi connectivity index (χ0) is 13.8. The van der Waals surface area contributed by atoms with E-state index < -0.39 is 5.60 Å². The van der Waals surface area contributed by atoms with Crippen LogP contribution in [0.15, 0.2) is 0 Å². The number of amides is 1. The van der Waals surface area contributed by atoms with Crippen molar-refractivity contribution < 1.29 is 9.53 Å². The lowest BCUT2D eigenvalue weighted by atomic mass is 9.93. The Balaban J connectivity index is 2.68. The zero-order valence-corrected chi connectivity index (χ0v) is 12.7. The van der Waals surface area contributed by atoms with Crippen LogP contribution in [0.1, 0.15) is 73.1 Å². The molecule has 2 atom stereocenters. The minimum absolute atomic E-state index is 0.129. The maximum Gasteiger partial charge on any atom is 0.410 e. The third kappa shape index (κ3) is 4.51. The van der Waals surface area contributed by atoms with Crippen LogP contribution in [-0.2, 0) is 4.74 Å². The number of carbonyl (C=O) groups excluding carboxylic acids is 1. The van der Waals surface area contributed by atoms with Crippen molar-refractivity contribution in [2.24, 2.45) is 0 Å². The van der Waals surface area contributed by atoms with Gasteiger partial charge >= 0.3 is 6.09 Å².